The van der Waals surface area contributed by atoms with Gasteiger partial charge in [0.25, 0.3) is 0 Å². The highest BCUT2D eigenvalue weighted by atomic mass is 14.2. The highest BCUT2D eigenvalue weighted by Gasteiger charge is 2.17. The molecule has 0 heterocycles. The molecular weight excluding hydrogens is 144 g/mol. The van der Waals surface area contributed by atoms with Gasteiger partial charge in [-0.25, -0.2) is 0 Å². The van der Waals surface area contributed by atoms with Crippen molar-refractivity contribution in [1.82, 2.24) is 0 Å². The summed E-state index contributed by atoms with van der Waals surface area (Å²) >= 11 is 0. The second kappa shape index (κ2) is 3.93. The van der Waals surface area contributed by atoms with Gasteiger partial charge < -0.3 is 0 Å². The van der Waals surface area contributed by atoms with Crippen LogP contribution < -0.4 is 0 Å². The van der Waals surface area contributed by atoms with E-state index in [1.54, 1.807) is 5.57 Å². The van der Waals surface area contributed by atoms with E-state index >= 15 is 0 Å². The van der Waals surface area contributed by atoms with E-state index in [1.165, 1.54) is 25.7 Å². The van der Waals surface area contributed by atoms with Crippen LogP contribution in [0.3, 0.4) is 0 Å². The summed E-state index contributed by atoms with van der Waals surface area (Å²) in [5.74, 6) is 0. The maximum Gasteiger partial charge on any atom is -0.0134 e. The Morgan fingerprint density at radius 1 is 1.42 bits per heavy atom. The van der Waals surface area contributed by atoms with Gasteiger partial charge >= 0.3 is 0 Å². The van der Waals surface area contributed by atoms with Gasteiger partial charge in [-0.2, -0.15) is 0 Å². The fourth-order valence-electron chi connectivity index (χ4n) is 1.72. The number of hydrogen-bond donors (Lipinski definition) is 0. The molecule has 0 saturated heterocycles. The van der Waals surface area contributed by atoms with E-state index in [0.29, 0.717) is 5.41 Å². The zero-order chi connectivity index (χ0) is 9.03. The van der Waals surface area contributed by atoms with E-state index in [0.717, 1.165) is 0 Å². The van der Waals surface area contributed by atoms with Gasteiger partial charge in [0.1, 0.15) is 0 Å². The fraction of sp³-hybridized carbons (Fsp3) is 0.667. The number of unbranched alkanes of at least 4 members (excludes halogenated alkanes) is 1. The van der Waals surface area contributed by atoms with Crippen molar-refractivity contribution >= 4 is 0 Å². The molecule has 12 heavy (non-hydrogen) atoms. The summed E-state index contributed by atoms with van der Waals surface area (Å²) in [5.41, 5.74) is 2.03. The third-order valence-corrected chi connectivity index (χ3v) is 2.41. The highest BCUT2D eigenvalue weighted by molar-refractivity contribution is 5.22. The van der Waals surface area contributed by atoms with Crippen molar-refractivity contribution in [2.45, 2.75) is 46.5 Å². The van der Waals surface area contributed by atoms with Gasteiger partial charge in [0.15, 0.2) is 0 Å². The Balaban J connectivity index is 2.46. The lowest BCUT2D eigenvalue weighted by Crippen LogP contribution is -2.11. The molecule has 0 radical (unpaired) electrons. The molecule has 0 heteroatoms. The number of allylic oxidation sites excluding steroid dienone is 4. The van der Waals surface area contributed by atoms with Crippen LogP contribution in [0.5, 0.6) is 0 Å². The lowest BCUT2D eigenvalue weighted by atomic mass is 9.81. The van der Waals surface area contributed by atoms with Crippen molar-refractivity contribution < 1.29 is 0 Å². The van der Waals surface area contributed by atoms with Crippen LogP contribution in [-0.4, -0.2) is 0 Å². The van der Waals surface area contributed by atoms with Crippen LogP contribution in [0.15, 0.2) is 23.8 Å². The zero-order valence-electron chi connectivity index (χ0n) is 8.56. The lowest BCUT2D eigenvalue weighted by molar-refractivity contribution is 0.460. The SMILES string of the molecule is CCCCC1=CC=CC(C)(C)C1. The van der Waals surface area contributed by atoms with Gasteiger partial charge in [-0.15, -0.1) is 0 Å². The smallest absolute Gasteiger partial charge is 0.0134 e. The second-order valence-electron chi connectivity index (χ2n) is 4.45. The van der Waals surface area contributed by atoms with Crippen molar-refractivity contribution in [1.29, 1.82) is 0 Å². The number of rotatable bonds is 3. The van der Waals surface area contributed by atoms with Crippen LogP contribution in [0.25, 0.3) is 0 Å². The molecule has 0 aromatic heterocycles. The molecule has 0 bridgehead atoms. The largest absolute Gasteiger partial charge is 0.0785 e. The Morgan fingerprint density at radius 3 is 2.75 bits per heavy atom. The molecule has 0 fully saturated rings. The highest BCUT2D eigenvalue weighted by Crippen LogP contribution is 2.32. The predicted molar refractivity (Wildman–Crippen MR) is 55.1 cm³/mol. The molecule has 68 valence electrons. The van der Waals surface area contributed by atoms with E-state index in [2.05, 4.69) is 39.0 Å². The third kappa shape index (κ3) is 2.84. The fourth-order valence-corrected chi connectivity index (χ4v) is 1.72. The Kier molecular flexibility index (Phi) is 3.13. The van der Waals surface area contributed by atoms with Gasteiger partial charge in [0, 0.05) is 0 Å². The van der Waals surface area contributed by atoms with Crippen LogP contribution in [0.4, 0.5) is 0 Å². The minimum atomic E-state index is 0.401. The summed E-state index contributed by atoms with van der Waals surface area (Å²) in [4.78, 5) is 0. The van der Waals surface area contributed by atoms with Gasteiger partial charge in [-0.1, -0.05) is 51.0 Å². The average molecular weight is 164 g/mol. The standard InChI is InChI=1S/C12H20/c1-4-5-7-11-8-6-9-12(2,3)10-11/h6,8-9H,4-5,7,10H2,1-3H3. The summed E-state index contributed by atoms with van der Waals surface area (Å²) in [5, 5.41) is 0. The molecule has 0 spiro atoms. The van der Waals surface area contributed by atoms with Crippen molar-refractivity contribution in [2.24, 2.45) is 5.41 Å². The van der Waals surface area contributed by atoms with Gasteiger partial charge in [-0.05, 0) is 24.7 Å². The number of hydrogen-bond acceptors (Lipinski definition) is 0. The van der Waals surface area contributed by atoms with Crippen molar-refractivity contribution in [3.05, 3.63) is 23.8 Å². The Bertz CT molecular complexity index is 194. The van der Waals surface area contributed by atoms with Crippen molar-refractivity contribution in [3.63, 3.8) is 0 Å². The van der Waals surface area contributed by atoms with Gasteiger partial charge in [0.2, 0.25) is 0 Å². The first-order valence-electron chi connectivity index (χ1n) is 5.01. The zero-order valence-corrected chi connectivity index (χ0v) is 8.56. The minimum absolute atomic E-state index is 0.401. The summed E-state index contributed by atoms with van der Waals surface area (Å²) < 4.78 is 0. The molecular formula is C12H20. The molecule has 0 saturated carbocycles. The Labute approximate surface area is 76.4 Å². The molecule has 1 aliphatic carbocycles. The molecule has 0 unspecified atom stereocenters. The van der Waals surface area contributed by atoms with Crippen LogP contribution >= 0.6 is 0 Å². The lowest BCUT2D eigenvalue weighted by Gasteiger charge is -2.25. The summed E-state index contributed by atoms with van der Waals surface area (Å²) in [6.07, 6.45) is 12.0. The molecule has 0 aliphatic heterocycles. The first-order chi connectivity index (χ1) is 5.64. The van der Waals surface area contributed by atoms with Crippen LogP contribution in [0.2, 0.25) is 0 Å². The van der Waals surface area contributed by atoms with Crippen molar-refractivity contribution in [2.75, 3.05) is 0 Å². The molecule has 0 aromatic carbocycles. The van der Waals surface area contributed by atoms with Crippen LogP contribution in [0, 0.1) is 5.41 Å². The third-order valence-electron chi connectivity index (χ3n) is 2.41. The molecule has 0 nitrogen and oxygen atoms in total. The average Bonchev–Trinajstić information content (AvgIpc) is 1.99. The Morgan fingerprint density at radius 2 is 2.17 bits per heavy atom. The maximum absolute atomic E-state index is 2.31. The van der Waals surface area contributed by atoms with Gasteiger partial charge in [-0.3, -0.25) is 0 Å². The predicted octanol–water partition coefficient (Wildman–Crippen LogP) is 4.09. The minimum Gasteiger partial charge on any atom is -0.0785 e. The summed E-state index contributed by atoms with van der Waals surface area (Å²) in [7, 11) is 0. The van der Waals surface area contributed by atoms with E-state index in [9.17, 15) is 0 Å². The quantitative estimate of drug-likeness (QED) is 0.589. The molecule has 0 N–H and O–H groups in total. The van der Waals surface area contributed by atoms with Crippen molar-refractivity contribution in [3.8, 4) is 0 Å². The molecule has 0 amide bonds. The van der Waals surface area contributed by atoms with E-state index in [4.69, 9.17) is 0 Å². The normalized spacial score (nSPS) is 20.8. The van der Waals surface area contributed by atoms with E-state index in [-0.39, 0.29) is 0 Å². The monoisotopic (exact) mass is 164 g/mol. The first kappa shape index (κ1) is 9.57. The van der Waals surface area contributed by atoms with Gasteiger partial charge in [0.05, 0.1) is 0 Å². The first-order valence-corrected chi connectivity index (χ1v) is 5.01. The van der Waals surface area contributed by atoms with Crippen LogP contribution in [0.1, 0.15) is 46.5 Å². The van der Waals surface area contributed by atoms with E-state index in [1.807, 2.05) is 0 Å². The molecule has 0 aromatic rings. The van der Waals surface area contributed by atoms with Crippen LogP contribution in [-0.2, 0) is 0 Å². The molecule has 0 atom stereocenters. The summed E-state index contributed by atoms with van der Waals surface area (Å²) in [6.45, 7) is 6.87. The summed E-state index contributed by atoms with van der Waals surface area (Å²) in [6, 6.07) is 0. The topological polar surface area (TPSA) is 0 Å². The molecule has 1 rings (SSSR count). The Hall–Kier alpha value is -0.520. The molecule has 1 aliphatic rings. The second-order valence-corrected chi connectivity index (χ2v) is 4.45. The van der Waals surface area contributed by atoms with E-state index < -0.39 is 0 Å². The maximum atomic E-state index is 2.31.